The zero-order chi connectivity index (χ0) is 38.6. The molecule has 0 bridgehead atoms. The predicted octanol–water partition coefficient (Wildman–Crippen LogP) is 14.5. The van der Waals surface area contributed by atoms with Crippen molar-refractivity contribution in [3.63, 3.8) is 0 Å². The first-order valence-corrected chi connectivity index (χ1v) is 20.6. The number of furan rings is 1. The Hall–Kier alpha value is -7.67. The summed E-state index contributed by atoms with van der Waals surface area (Å²) in [5.41, 5.74) is 7.57. The highest BCUT2D eigenvalue weighted by Crippen LogP contribution is 2.45. The monoisotopic (exact) mass is 770 g/mol. The van der Waals surface area contributed by atoms with Crippen LogP contribution in [0.25, 0.3) is 125 Å². The molecule has 13 rings (SSSR count). The van der Waals surface area contributed by atoms with Crippen LogP contribution in [-0.2, 0) is 0 Å². The normalized spacial score (nSPS) is 12.1. The van der Waals surface area contributed by atoms with Gasteiger partial charge in [-0.2, -0.15) is 0 Å². The Morgan fingerprint density at radius 3 is 1.92 bits per heavy atom. The Kier molecular flexibility index (Phi) is 6.82. The lowest BCUT2D eigenvalue weighted by Gasteiger charge is -2.16. The van der Waals surface area contributed by atoms with Gasteiger partial charge in [-0.05, 0) is 70.1 Å². The minimum atomic E-state index is 0.579. The van der Waals surface area contributed by atoms with Crippen LogP contribution in [0, 0.1) is 0 Å². The van der Waals surface area contributed by atoms with E-state index in [9.17, 15) is 0 Å². The van der Waals surface area contributed by atoms with E-state index in [-0.39, 0.29) is 0 Å². The Balaban J connectivity index is 1.20. The van der Waals surface area contributed by atoms with Crippen molar-refractivity contribution < 1.29 is 4.42 Å². The molecule has 6 heteroatoms. The van der Waals surface area contributed by atoms with Crippen molar-refractivity contribution in [2.75, 3.05) is 0 Å². The van der Waals surface area contributed by atoms with Crippen molar-refractivity contribution in [2.24, 2.45) is 0 Å². The lowest BCUT2D eigenvalue weighted by Crippen LogP contribution is -2.04. The largest absolute Gasteiger partial charge is 0.456 e. The number of fused-ring (bicyclic) bond motifs is 11. The van der Waals surface area contributed by atoms with Crippen molar-refractivity contribution in [3.05, 3.63) is 182 Å². The molecule has 0 atom stereocenters. The number of nitrogens with zero attached hydrogens (tertiary/aromatic N) is 4. The standard InChI is InChI=1S/C53H30N4OS/c1-2-15-33-30-44-41(29-32(33)14-1)35-18-5-8-24-42(35)57(44)43-27-28-46-48(39-20-6-9-25-45(39)58-46)49(43)53-55-51(38-22-11-16-31-13-3-4-17-34(31)38)54-52(56-53)40-23-12-21-37-36-19-7-10-26-47(36)59-50(37)40/h1-30H. The molecule has 0 amide bonds. The predicted molar refractivity (Wildman–Crippen MR) is 246 cm³/mol. The van der Waals surface area contributed by atoms with Gasteiger partial charge in [0, 0.05) is 52.8 Å². The van der Waals surface area contributed by atoms with Crippen LogP contribution in [0.5, 0.6) is 0 Å². The second-order valence-corrected chi connectivity index (χ2v) is 16.2. The van der Waals surface area contributed by atoms with Crippen LogP contribution in [0.1, 0.15) is 0 Å². The Bertz CT molecular complexity index is 3870. The van der Waals surface area contributed by atoms with Gasteiger partial charge >= 0.3 is 0 Å². The summed E-state index contributed by atoms with van der Waals surface area (Å²) in [6, 6.07) is 64.3. The molecule has 0 aliphatic carbocycles. The van der Waals surface area contributed by atoms with E-state index < -0.39 is 0 Å². The minimum Gasteiger partial charge on any atom is -0.456 e. The molecule has 13 aromatic rings. The fourth-order valence-corrected chi connectivity index (χ4v) is 10.4. The van der Waals surface area contributed by atoms with Crippen LogP contribution >= 0.6 is 11.3 Å². The van der Waals surface area contributed by atoms with Crippen LogP contribution in [0.2, 0.25) is 0 Å². The summed E-state index contributed by atoms with van der Waals surface area (Å²) >= 11 is 1.78. The van der Waals surface area contributed by atoms with E-state index in [4.69, 9.17) is 19.4 Å². The van der Waals surface area contributed by atoms with E-state index in [2.05, 4.69) is 174 Å². The Labute approximate surface area is 341 Å². The molecule has 4 aromatic heterocycles. The number of para-hydroxylation sites is 2. The molecule has 4 heterocycles. The summed E-state index contributed by atoms with van der Waals surface area (Å²) in [5.74, 6) is 1.82. The average Bonchev–Trinajstić information content (AvgIpc) is 3.97. The fraction of sp³-hybridized carbons (Fsp3) is 0. The highest BCUT2D eigenvalue weighted by atomic mass is 32.1. The minimum absolute atomic E-state index is 0.579. The third kappa shape index (κ3) is 4.81. The van der Waals surface area contributed by atoms with Gasteiger partial charge in [0.15, 0.2) is 17.5 Å². The molecule has 274 valence electrons. The lowest BCUT2D eigenvalue weighted by atomic mass is 10.0. The summed E-state index contributed by atoms with van der Waals surface area (Å²) in [4.78, 5) is 16.4. The van der Waals surface area contributed by atoms with Gasteiger partial charge in [0.25, 0.3) is 0 Å². The van der Waals surface area contributed by atoms with Gasteiger partial charge in [-0.3, -0.25) is 0 Å². The Morgan fingerprint density at radius 1 is 0.407 bits per heavy atom. The molecular formula is C53H30N4OS. The second kappa shape index (κ2) is 12.4. The number of aromatic nitrogens is 4. The third-order valence-electron chi connectivity index (χ3n) is 11.8. The topological polar surface area (TPSA) is 56.7 Å². The summed E-state index contributed by atoms with van der Waals surface area (Å²) in [6.45, 7) is 0. The van der Waals surface area contributed by atoms with E-state index in [0.29, 0.717) is 17.5 Å². The van der Waals surface area contributed by atoms with Gasteiger partial charge in [0.05, 0.1) is 22.3 Å². The molecule has 5 nitrogen and oxygen atoms in total. The molecule has 9 aromatic carbocycles. The van der Waals surface area contributed by atoms with Crippen LogP contribution in [0.3, 0.4) is 0 Å². The fourth-order valence-electron chi connectivity index (χ4n) is 9.21. The van der Waals surface area contributed by atoms with Crippen molar-refractivity contribution in [3.8, 4) is 39.9 Å². The average molecular weight is 771 g/mol. The van der Waals surface area contributed by atoms with Crippen LogP contribution in [-0.4, -0.2) is 19.5 Å². The van der Waals surface area contributed by atoms with Crippen LogP contribution in [0.4, 0.5) is 0 Å². The first-order valence-electron chi connectivity index (χ1n) is 19.8. The van der Waals surface area contributed by atoms with E-state index in [1.807, 2.05) is 12.1 Å². The SMILES string of the molecule is c1ccc2cc3c(cc2c1)c1ccccc1n3-c1ccc2oc3ccccc3c2c1-c1nc(-c2cccc3ccccc23)nc(-c2cccc3c2sc2ccccc23)n1. The second-order valence-electron chi connectivity index (χ2n) is 15.1. The zero-order valence-electron chi connectivity index (χ0n) is 31.4. The molecule has 0 spiro atoms. The van der Waals surface area contributed by atoms with Crippen molar-refractivity contribution in [1.29, 1.82) is 0 Å². The summed E-state index contributed by atoms with van der Waals surface area (Å²) in [7, 11) is 0. The van der Waals surface area contributed by atoms with Gasteiger partial charge in [-0.25, -0.2) is 15.0 Å². The van der Waals surface area contributed by atoms with E-state index in [1.54, 1.807) is 11.3 Å². The molecule has 59 heavy (non-hydrogen) atoms. The quantitative estimate of drug-likeness (QED) is 0.179. The van der Waals surface area contributed by atoms with E-state index in [1.165, 1.54) is 37.0 Å². The first kappa shape index (κ1) is 32.4. The summed E-state index contributed by atoms with van der Waals surface area (Å²) in [5, 5.41) is 11.4. The number of benzene rings is 9. The number of hydrogen-bond donors (Lipinski definition) is 0. The molecule has 0 saturated carbocycles. The first-order chi connectivity index (χ1) is 29.2. The zero-order valence-corrected chi connectivity index (χ0v) is 32.2. The molecule has 0 radical (unpaired) electrons. The van der Waals surface area contributed by atoms with Gasteiger partial charge in [0.1, 0.15) is 11.2 Å². The summed E-state index contributed by atoms with van der Waals surface area (Å²) < 4.78 is 11.4. The maximum atomic E-state index is 6.62. The van der Waals surface area contributed by atoms with Crippen molar-refractivity contribution >= 4 is 96.8 Å². The number of hydrogen-bond acceptors (Lipinski definition) is 5. The van der Waals surface area contributed by atoms with Crippen molar-refractivity contribution in [1.82, 2.24) is 19.5 Å². The van der Waals surface area contributed by atoms with Gasteiger partial charge < -0.3 is 8.98 Å². The lowest BCUT2D eigenvalue weighted by molar-refractivity contribution is 0.669. The van der Waals surface area contributed by atoms with Gasteiger partial charge in [-0.1, -0.05) is 133 Å². The number of thiophene rings is 1. The molecule has 0 unspecified atom stereocenters. The maximum Gasteiger partial charge on any atom is 0.166 e. The highest BCUT2D eigenvalue weighted by Gasteiger charge is 2.25. The highest BCUT2D eigenvalue weighted by molar-refractivity contribution is 7.26. The smallest absolute Gasteiger partial charge is 0.166 e. The van der Waals surface area contributed by atoms with Crippen LogP contribution < -0.4 is 0 Å². The third-order valence-corrected chi connectivity index (χ3v) is 13.1. The molecule has 0 saturated heterocycles. The maximum absolute atomic E-state index is 6.62. The molecule has 0 aliphatic heterocycles. The molecular weight excluding hydrogens is 741 g/mol. The van der Waals surface area contributed by atoms with E-state index >= 15 is 0 Å². The van der Waals surface area contributed by atoms with Crippen molar-refractivity contribution in [2.45, 2.75) is 0 Å². The van der Waals surface area contributed by atoms with E-state index in [0.717, 1.165) is 70.8 Å². The Morgan fingerprint density at radius 2 is 1.03 bits per heavy atom. The van der Waals surface area contributed by atoms with Gasteiger partial charge in [-0.15, -0.1) is 11.3 Å². The van der Waals surface area contributed by atoms with Gasteiger partial charge in [0.2, 0.25) is 0 Å². The molecule has 0 N–H and O–H groups in total. The molecule has 0 aliphatic rings. The molecule has 0 fully saturated rings. The summed E-state index contributed by atoms with van der Waals surface area (Å²) in [6.07, 6.45) is 0. The van der Waals surface area contributed by atoms with Crippen LogP contribution in [0.15, 0.2) is 186 Å². The number of rotatable bonds is 4.